The van der Waals surface area contributed by atoms with E-state index in [0.29, 0.717) is 15.9 Å². The fourth-order valence-corrected chi connectivity index (χ4v) is 2.43. The fraction of sp³-hybridized carbons (Fsp3) is 0.308. The Kier molecular flexibility index (Phi) is 4.44. The van der Waals surface area contributed by atoms with Crippen molar-refractivity contribution in [3.05, 3.63) is 45.7 Å². The Bertz CT molecular complexity index is 575. The maximum atomic E-state index is 12.6. The van der Waals surface area contributed by atoms with E-state index in [4.69, 9.17) is 0 Å². The van der Waals surface area contributed by atoms with Gasteiger partial charge in [0.1, 0.15) is 5.69 Å². The van der Waals surface area contributed by atoms with Crippen molar-refractivity contribution in [1.29, 1.82) is 0 Å². The van der Waals surface area contributed by atoms with Crippen molar-refractivity contribution in [2.75, 3.05) is 13.6 Å². The summed E-state index contributed by atoms with van der Waals surface area (Å²) in [5.41, 5.74) is 2.19. The van der Waals surface area contributed by atoms with Crippen LogP contribution in [0, 0.1) is 0 Å². The van der Waals surface area contributed by atoms with E-state index in [0.717, 1.165) is 18.5 Å². The molecule has 0 unspecified atom stereocenters. The van der Waals surface area contributed by atoms with Crippen LogP contribution in [-0.4, -0.2) is 34.4 Å². The third kappa shape index (κ3) is 2.90. The van der Waals surface area contributed by atoms with E-state index in [1.165, 1.54) is 4.68 Å². The molecule has 2 aromatic rings. The number of carbonyl (C=O) groups is 1. The van der Waals surface area contributed by atoms with Crippen LogP contribution in [0.2, 0.25) is 0 Å². The van der Waals surface area contributed by atoms with Gasteiger partial charge in [-0.1, -0.05) is 29.5 Å². The average Bonchev–Trinajstić information content (AvgIpc) is 2.75. The number of hydrogen-bond acceptors (Lipinski definition) is 4. The number of aryl methyl sites for hydroxylation is 1. The highest BCUT2D eigenvalue weighted by Crippen LogP contribution is 2.19. The summed E-state index contributed by atoms with van der Waals surface area (Å²) in [7, 11) is 3.60. The zero-order valence-electron chi connectivity index (χ0n) is 10.9. The third-order valence-electron chi connectivity index (χ3n) is 2.91. The van der Waals surface area contributed by atoms with Gasteiger partial charge in [-0.25, -0.2) is 4.68 Å². The molecule has 0 saturated heterocycles. The average molecular weight is 323 g/mol. The van der Waals surface area contributed by atoms with Crippen LogP contribution in [0.3, 0.4) is 0 Å². The minimum absolute atomic E-state index is 0.0638. The summed E-state index contributed by atoms with van der Waals surface area (Å²) < 4.78 is 1.96. The Labute approximate surface area is 120 Å². The summed E-state index contributed by atoms with van der Waals surface area (Å²) in [6.07, 6.45) is 0.807. The summed E-state index contributed by atoms with van der Waals surface area (Å²) in [4.78, 5) is 12.6. The molecule has 0 aliphatic carbocycles. The number of rotatable bonds is 5. The van der Waals surface area contributed by atoms with Crippen molar-refractivity contribution in [2.45, 2.75) is 6.42 Å². The standard InChI is InChI=1S/C13H15BrN4O/c1-15-8-7-9-5-3-4-6-10(9)12(19)11-13(14)16-17-18(11)2/h3-6,15H,7-8H2,1-2H3. The summed E-state index contributed by atoms with van der Waals surface area (Å²) >= 11 is 3.26. The molecule has 0 fully saturated rings. The van der Waals surface area contributed by atoms with Crippen LogP contribution in [0.15, 0.2) is 28.9 Å². The van der Waals surface area contributed by atoms with Gasteiger partial charge in [-0.05, 0) is 41.5 Å². The van der Waals surface area contributed by atoms with E-state index in [9.17, 15) is 4.79 Å². The second-order valence-electron chi connectivity index (χ2n) is 4.19. The summed E-state index contributed by atoms with van der Waals surface area (Å²) in [6.45, 7) is 0.828. The Morgan fingerprint density at radius 3 is 2.79 bits per heavy atom. The number of nitrogens with one attached hydrogen (secondary N) is 1. The summed E-state index contributed by atoms with van der Waals surface area (Å²) in [5, 5.41) is 10.8. The lowest BCUT2D eigenvalue weighted by molar-refractivity contribution is 0.102. The lowest BCUT2D eigenvalue weighted by Crippen LogP contribution is -2.15. The van der Waals surface area contributed by atoms with Crippen LogP contribution < -0.4 is 5.32 Å². The van der Waals surface area contributed by atoms with Gasteiger partial charge in [0.15, 0.2) is 4.60 Å². The molecule has 0 aliphatic heterocycles. The zero-order chi connectivity index (χ0) is 13.8. The first-order chi connectivity index (χ1) is 9.15. The number of carbonyl (C=O) groups excluding carboxylic acids is 1. The predicted octanol–water partition coefficient (Wildman–Crippen LogP) is 1.57. The Balaban J connectivity index is 2.39. The molecule has 0 saturated carbocycles. The van der Waals surface area contributed by atoms with Crippen LogP contribution in [0.1, 0.15) is 21.6 Å². The van der Waals surface area contributed by atoms with Gasteiger partial charge in [0.25, 0.3) is 0 Å². The molecule has 19 heavy (non-hydrogen) atoms. The normalized spacial score (nSPS) is 10.7. The molecule has 1 aromatic heterocycles. The second-order valence-corrected chi connectivity index (χ2v) is 4.94. The summed E-state index contributed by atoms with van der Waals surface area (Å²) in [5.74, 6) is -0.0638. The van der Waals surface area contributed by atoms with Gasteiger partial charge < -0.3 is 5.32 Å². The SMILES string of the molecule is CNCCc1ccccc1C(=O)c1c(Br)nnn1C. The number of hydrogen-bond donors (Lipinski definition) is 1. The van der Waals surface area contributed by atoms with Gasteiger partial charge in [0.2, 0.25) is 5.78 Å². The van der Waals surface area contributed by atoms with E-state index in [2.05, 4.69) is 31.6 Å². The van der Waals surface area contributed by atoms with Gasteiger partial charge in [0.05, 0.1) is 0 Å². The molecule has 100 valence electrons. The lowest BCUT2D eigenvalue weighted by Gasteiger charge is -2.08. The highest BCUT2D eigenvalue weighted by Gasteiger charge is 2.20. The van der Waals surface area contributed by atoms with Crippen LogP contribution in [0.4, 0.5) is 0 Å². The minimum atomic E-state index is -0.0638. The molecule has 0 bridgehead atoms. The molecule has 2 rings (SSSR count). The number of nitrogens with zero attached hydrogens (tertiary/aromatic N) is 3. The first-order valence-electron chi connectivity index (χ1n) is 5.97. The van der Waals surface area contributed by atoms with Crippen molar-refractivity contribution < 1.29 is 4.79 Å². The number of aromatic nitrogens is 3. The van der Waals surface area contributed by atoms with Gasteiger partial charge in [-0.3, -0.25) is 4.79 Å². The molecule has 6 heteroatoms. The predicted molar refractivity (Wildman–Crippen MR) is 76.2 cm³/mol. The maximum Gasteiger partial charge on any atom is 0.214 e. The molecular weight excluding hydrogens is 308 g/mol. The Morgan fingerprint density at radius 1 is 1.42 bits per heavy atom. The van der Waals surface area contributed by atoms with Crippen LogP contribution >= 0.6 is 15.9 Å². The third-order valence-corrected chi connectivity index (χ3v) is 3.44. The number of ketones is 1. The van der Waals surface area contributed by atoms with Crippen molar-refractivity contribution >= 4 is 21.7 Å². The fourth-order valence-electron chi connectivity index (χ4n) is 1.92. The Morgan fingerprint density at radius 2 is 2.16 bits per heavy atom. The number of likely N-dealkylation sites (N-methyl/N-ethyl adjacent to an activating group) is 1. The van der Waals surface area contributed by atoms with Crippen molar-refractivity contribution in [1.82, 2.24) is 20.3 Å². The highest BCUT2D eigenvalue weighted by atomic mass is 79.9. The van der Waals surface area contributed by atoms with E-state index in [1.54, 1.807) is 7.05 Å². The quantitative estimate of drug-likeness (QED) is 0.849. The topological polar surface area (TPSA) is 59.8 Å². The summed E-state index contributed by atoms with van der Waals surface area (Å²) in [6, 6.07) is 7.63. The smallest absolute Gasteiger partial charge is 0.214 e. The highest BCUT2D eigenvalue weighted by molar-refractivity contribution is 9.10. The molecule has 0 spiro atoms. The monoisotopic (exact) mass is 322 g/mol. The van der Waals surface area contributed by atoms with E-state index < -0.39 is 0 Å². The van der Waals surface area contributed by atoms with Crippen molar-refractivity contribution in [3.63, 3.8) is 0 Å². The van der Waals surface area contributed by atoms with Gasteiger partial charge in [-0.15, -0.1) is 5.10 Å². The van der Waals surface area contributed by atoms with Gasteiger partial charge in [0, 0.05) is 12.6 Å². The molecule has 0 radical (unpaired) electrons. The minimum Gasteiger partial charge on any atom is -0.319 e. The van der Waals surface area contributed by atoms with E-state index in [1.807, 2.05) is 31.3 Å². The molecule has 0 amide bonds. The van der Waals surface area contributed by atoms with Crippen LogP contribution in [0.25, 0.3) is 0 Å². The molecule has 0 atom stereocenters. The van der Waals surface area contributed by atoms with Crippen LogP contribution in [0.5, 0.6) is 0 Å². The first-order valence-corrected chi connectivity index (χ1v) is 6.76. The largest absolute Gasteiger partial charge is 0.319 e. The number of benzene rings is 1. The molecule has 5 nitrogen and oxygen atoms in total. The Hall–Kier alpha value is -1.53. The second kappa shape index (κ2) is 6.08. The number of halogens is 1. The molecule has 1 N–H and O–H groups in total. The van der Waals surface area contributed by atoms with Gasteiger partial charge in [-0.2, -0.15) is 0 Å². The molecule has 1 heterocycles. The first kappa shape index (κ1) is 13.9. The molecule has 1 aromatic carbocycles. The molecule has 0 aliphatic rings. The van der Waals surface area contributed by atoms with Crippen molar-refractivity contribution in [2.24, 2.45) is 7.05 Å². The zero-order valence-corrected chi connectivity index (χ0v) is 12.4. The van der Waals surface area contributed by atoms with Crippen LogP contribution in [-0.2, 0) is 13.5 Å². The van der Waals surface area contributed by atoms with E-state index in [-0.39, 0.29) is 5.78 Å². The molecular formula is C13H15BrN4O. The van der Waals surface area contributed by atoms with Crippen molar-refractivity contribution in [3.8, 4) is 0 Å². The lowest BCUT2D eigenvalue weighted by atomic mass is 9.99. The maximum absolute atomic E-state index is 12.6. The van der Waals surface area contributed by atoms with E-state index >= 15 is 0 Å². The van der Waals surface area contributed by atoms with Gasteiger partial charge >= 0.3 is 0 Å².